The van der Waals surface area contributed by atoms with Crippen LogP contribution in [-0.2, 0) is 9.59 Å². The van der Waals surface area contributed by atoms with E-state index in [4.69, 9.17) is 23.2 Å². The largest absolute Gasteiger partial charge is 0.299 e. The van der Waals surface area contributed by atoms with Crippen LogP contribution in [0.15, 0.2) is 21.7 Å². The minimum Gasteiger partial charge on any atom is -0.299 e. The van der Waals surface area contributed by atoms with Gasteiger partial charge < -0.3 is 0 Å². The van der Waals surface area contributed by atoms with Crippen LogP contribution in [0.2, 0.25) is 0 Å². The van der Waals surface area contributed by atoms with Crippen LogP contribution >= 0.6 is 23.2 Å². The van der Waals surface area contributed by atoms with Gasteiger partial charge in [-0.2, -0.15) is 0 Å². The quantitative estimate of drug-likeness (QED) is 0.576. The molecule has 2 nitrogen and oxygen atoms in total. The zero-order chi connectivity index (χ0) is 17.3. The highest BCUT2D eigenvalue weighted by molar-refractivity contribution is 6.56. The third-order valence-electron chi connectivity index (χ3n) is 7.77. The van der Waals surface area contributed by atoms with Gasteiger partial charge in [0.25, 0.3) is 0 Å². The number of rotatable bonds is 0. The van der Waals surface area contributed by atoms with Crippen LogP contribution in [0.25, 0.3) is 0 Å². The van der Waals surface area contributed by atoms with Gasteiger partial charge in [-0.3, -0.25) is 9.59 Å². The Labute approximate surface area is 153 Å². The summed E-state index contributed by atoms with van der Waals surface area (Å²) in [4.78, 5) is 24.5. The van der Waals surface area contributed by atoms with Crippen molar-refractivity contribution in [2.24, 2.45) is 28.6 Å². The van der Waals surface area contributed by atoms with Gasteiger partial charge in [0.05, 0.1) is 0 Å². The second-order valence-electron chi connectivity index (χ2n) is 8.68. The van der Waals surface area contributed by atoms with Crippen LogP contribution in [0.1, 0.15) is 58.8 Å². The molecule has 0 N–H and O–H groups in total. The van der Waals surface area contributed by atoms with Crippen LogP contribution in [0.4, 0.5) is 0 Å². The molecule has 4 aliphatic rings. The zero-order valence-corrected chi connectivity index (χ0v) is 15.8. The van der Waals surface area contributed by atoms with Gasteiger partial charge in [0.15, 0.2) is 5.78 Å². The van der Waals surface area contributed by atoms with E-state index in [1.807, 2.05) is 0 Å². The Bertz CT molecular complexity index is 688. The maximum atomic E-state index is 12.5. The summed E-state index contributed by atoms with van der Waals surface area (Å²) in [5.74, 6) is 2.04. The maximum Gasteiger partial charge on any atom is 0.156 e. The molecule has 5 atom stereocenters. The summed E-state index contributed by atoms with van der Waals surface area (Å²) in [6, 6.07) is 0. The van der Waals surface area contributed by atoms with Crippen molar-refractivity contribution in [1.29, 1.82) is 0 Å². The van der Waals surface area contributed by atoms with Crippen molar-refractivity contribution in [2.45, 2.75) is 58.8 Å². The molecule has 4 aliphatic carbocycles. The number of hydrogen-bond donors (Lipinski definition) is 0. The molecule has 0 amide bonds. The molecule has 0 spiro atoms. The van der Waals surface area contributed by atoms with E-state index in [1.165, 1.54) is 0 Å². The Morgan fingerprint density at radius 2 is 1.75 bits per heavy atom. The van der Waals surface area contributed by atoms with E-state index in [-0.39, 0.29) is 16.6 Å². The van der Waals surface area contributed by atoms with E-state index in [1.54, 1.807) is 6.08 Å². The molecule has 3 saturated carbocycles. The fourth-order valence-electron chi connectivity index (χ4n) is 6.39. The van der Waals surface area contributed by atoms with Crippen molar-refractivity contribution >= 4 is 34.8 Å². The van der Waals surface area contributed by atoms with Crippen molar-refractivity contribution in [3.63, 3.8) is 0 Å². The standard InChI is InChI=1S/C20H24Cl2O2/c1-19-7-5-11(23)9-16(19)13(18(21)22)10-12-14-3-4-17(24)20(14,2)8-6-15(12)19/h9,12,14-15H,3-8,10H2,1-2H3/t12-,14-,15-,19+,20-/m0/s1. The smallest absolute Gasteiger partial charge is 0.156 e. The number of carbonyl (C=O) groups excluding carboxylic acids is 2. The molecule has 0 aromatic carbocycles. The molecule has 0 saturated heterocycles. The third kappa shape index (κ3) is 2.15. The molecule has 0 aromatic rings. The number of Topliss-reactive ketones (excluding diaryl/α,β-unsaturated/α-hetero) is 1. The molecule has 0 aromatic heterocycles. The Balaban J connectivity index is 1.82. The molecule has 0 heterocycles. The highest BCUT2D eigenvalue weighted by Gasteiger charge is 2.60. The Morgan fingerprint density at radius 3 is 2.46 bits per heavy atom. The van der Waals surface area contributed by atoms with Crippen molar-refractivity contribution in [3.05, 3.63) is 21.7 Å². The molecule has 24 heavy (non-hydrogen) atoms. The van der Waals surface area contributed by atoms with Crippen molar-refractivity contribution in [2.75, 3.05) is 0 Å². The van der Waals surface area contributed by atoms with E-state index in [0.29, 0.717) is 34.4 Å². The molecular formula is C20H24Cl2O2. The lowest BCUT2D eigenvalue weighted by Crippen LogP contribution is -2.51. The van der Waals surface area contributed by atoms with E-state index in [2.05, 4.69) is 13.8 Å². The molecule has 0 unspecified atom stereocenters. The average Bonchev–Trinajstić information content (AvgIpc) is 2.83. The van der Waals surface area contributed by atoms with Crippen LogP contribution in [-0.4, -0.2) is 11.6 Å². The second kappa shape index (κ2) is 5.45. The second-order valence-corrected chi connectivity index (χ2v) is 9.63. The van der Waals surface area contributed by atoms with E-state index < -0.39 is 0 Å². The monoisotopic (exact) mass is 366 g/mol. The van der Waals surface area contributed by atoms with Gasteiger partial charge in [0, 0.05) is 18.3 Å². The van der Waals surface area contributed by atoms with Gasteiger partial charge in [-0.25, -0.2) is 0 Å². The molecule has 3 fully saturated rings. The lowest BCUT2D eigenvalue weighted by molar-refractivity contribution is -0.132. The number of hydrogen-bond acceptors (Lipinski definition) is 2. The normalized spacial score (nSPS) is 44.6. The number of fused-ring (bicyclic) bond motifs is 5. The van der Waals surface area contributed by atoms with Crippen LogP contribution in [0.3, 0.4) is 0 Å². The first-order valence-corrected chi connectivity index (χ1v) is 9.86. The van der Waals surface area contributed by atoms with Crippen molar-refractivity contribution in [3.8, 4) is 0 Å². The summed E-state index contributed by atoms with van der Waals surface area (Å²) in [7, 11) is 0. The number of allylic oxidation sites excluding steroid dienone is 2. The predicted molar refractivity (Wildman–Crippen MR) is 95.8 cm³/mol. The summed E-state index contributed by atoms with van der Waals surface area (Å²) >= 11 is 12.5. The van der Waals surface area contributed by atoms with Crippen LogP contribution in [0.5, 0.6) is 0 Å². The highest BCUT2D eigenvalue weighted by atomic mass is 35.5. The van der Waals surface area contributed by atoms with E-state index in [0.717, 1.165) is 49.7 Å². The van der Waals surface area contributed by atoms with E-state index in [9.17, 15) is 9.59 Å². The molecule has 4 heteroatoms. The molecule has 4 rings (SSSR count). The van der Waals surface area contributed by atoms with Gasteiger partial charge in [0.2, 0.25) is 0 Å². The first kappa shape index (κ1) is 16.8. The molecule has 130 valence electrons. The first-order chi connectivity index (χ1) is 11.3. The summed E-state index contributed by atoms with van der Waals surface area (Å²) in [6.45, 7) is 4.46. The Hall–Kier alpha value is -0.600. The lowest BCUT2D eigenvalue weighted by atomic mass is 9.47. The lowest BCUT2D eigenvalue weighted by Gasteiger charge is -2.57. The predicted octanol–water partition coefficient (Wildman–Crippen LogP) is 5.39. The summed E-state index contributed by atoms with van der Waals surface area (Å²) in [5, 5.41) is 0. The average molecular weight is 367 g/mol. The number of ketones is 2. The highest BCUT2D eigenvalue weighted by Crippen LogP contribution is 2.65. The minimum absolute atomic E-state index is 0.0336. The summed E-state index contributed by atoms with van der Waals surface area (Å²) in [5.41, 5.74) is 1.84. The van der Waals surface area contributed by atoms with Gasteiger partial charge in [-0.15, -0.1) is 0 Å². The number of carbonyl (C=O) groups is 2. The van der Waals surface area contributed by atoms with Crippen molar-refractivity contribution in [1.82, 2.24) is 0 Å². The van der Waals surface area contributed by atoms with Crippen LogP contribution < -0.4 is 0 Å². The van der Waals surface area contributed by atoms with Gasteiger partial charge in [-0.05, 0) is 72.5 Å². The van der Waals surface area contributed by atoms with E-state index >= 15 is 0 Å². The fraction of sp³-hybridized carbons (Fsp3) is 0.700. The fourth-order valence-corrected chi connectivity index (χ4v) is 6.75. The zero-order valence-electron chi connectivity index (χ0n) is 14.3. The topological polar surface area (TPSA) is 34.1 Å². The number of halogens is 2. The van der Waals surface area contributed by atoms with Gasteiger partial charge >= 0.3 is 0 Å². The summed E-state index contributed by atoms with van der Waals surface area (Å²) < 4.78 is 0.303. The van der Waals surface area contributed by atoms with Gasteiger partial charge in [-0.1, -0.05) is 37.0 Å². The van der Waals surface area contributed by atoms with Gasteiger partial charge in [0.1, 0.15) is 10.3 Å². The van der Waals surface area contributed by atoms with Crippen LogP contribution in [0, 0.1) is 28.6 Å². The van der Waals surface area contributed by atoms with Crippen molar-refractivity contribution < 1.29 is 9.59 Å². The Kier molecular flexibility index (Phi) is 3.82. The molecule has 0 radical (unpaired) electrons. The molecule has 0 aliphatic heterocycles. The molecular weight excluding hydrogens is 343 g/mol. The third-order valence-corrected chi connectivity index (χ3v) is 8.23. The Morgan fingerprint density at radius 1 is 1.04 bits per heavy atom. The summed E-state index contributed by atoms with van der Waals surface area (Å²) in [6.07, 6.45) is 7.87. The minimum atomic E-state index is -0.160. The first-order valence-electron chi connectivity index (χ1n) is 9.10. The maximum absolute atomic E-state index is 12.5. The molecule has 0 bridgehead atoms. The SMILES string of the molecule is C[C@]12CCC(=O)C=C1C(=C(Cl)Cl)C[C@@H]1[C@@H]2CC[C@]2(C)C(=O)CC[C@@H]12.